The van der Waals surface area contributed by atoms with Crippen LogP contribution in [-0.2, 0) is 6.54 Å². The molecular formula is C26H25N5. The number of benzene rings is 3. The number of nitrogens with one attached hydrogen (secondary N) is 1. The fourth-order valence-corrected chi connectivity index (χ4v) is 4.04. The van der Waals surface area contributed by atoms with Crippen LogP contribution in [0.5, 0.6) is 0 Å². The number of para-hydroxylation sites is 1. The maximum Gasteiger partial charge on any atom is 0.0727 e. The Morgan fingerprint density at radius 3 is 2.52 bits per heavy atom. The minimum Gasteiger partial charge on any atom is -0.306 e. The molecule has 3 aromatic carbocycles. The summed E-state index contributed by atoms with van der Waals surface area (Å²) in [5, 5.41) is 15.2. The van der Waals surface area contributed by atoms with Gasteiger partial charge in [-0.05, 0) is 37.4 Å². The van der Waals surface area contributed by atoms with Gasteiger partial charge in [-0.2, -0.15) is 10.2 Å². The van der Waals surface area contributed by atoms with E-state index in [2.05, 4.69) is 85.1 Å². The lowest BCUT2D eigenvalue weighted by Gasteiger charge is -2.14. The first-order chi connectivity index (χ1) is 15.2. The quantitative estimate of drug-likeness (QED) is 0.412. The van der Waals surface area contributed by atoms with Crippen molar-refractivity contribution >= 4 is 10.8 Å². The van der Waals surface area contributed by atoms with Crippen LogP contribution in [0, 0.1) is 6.92 Å². The number of rotatable bonds is 6. The molecule has 154 valence electrons. The monoisotopic (exact) mass is 407 g/mol. The summed E-state index contributed by atoms with van der Waals surface area (Å²) in [5.41, 5.74) is 5.67. The molecule has 0 aliphatic rings. The predicted octanol–water partition coefficient (Wildman–Crippen LogP) is 5.37. The highest BCUT2D eigenvalue weighted by Gasteiger charge is 2.15. The first-order valence-corrected chi connectivity index (χ1v) is 10.6. The van der Waals surface area contributed by atoms with Crippen molar-refractivity contribution in [2.75, 3.05) is 0 Å². The van der Waals surface area contributed by atoms with Gasteiger partial charge in [0, 0.05) is 41.0 Å². The molecular weight excluding hydrogens is 382 g/mol. The van der Waals surface area contributed by atoms with Crippen molar-refractivity contribution in [1.82, 2.24) is 24.9 Å². The van der Waals surface area contributed by atoms with E-state index >= 15 is 0 Å². The highest BCUT2D eigenvalue weighted by atomic mass is 15.3. The summed E-state index contributed by atoms with van der Waals surface area (Å²) in [7, 11) is 0. The van der Waals surface area contributed by atoms with Crippen molar-refractivity contribution in [3.63, 3.8) is 0 Å². The summed E-state index contributed by atoms with van der Waals surface area (Å²) < 4.78 is 3.95. The Morgan fingerprint density at radius 2 is 1.65 bits per heavy atom. The van der Waals surface area contributed by atoms with Gasteiger partial charge in [0.05, 0.1) is 23.8 Å². The summed E-state index contributed by atoms with van der Waals surface area (Å²) in [6.45, 7) is 5.06. The molecule has 5 rings (SSSR count). The Balaban J connectivity index is 1.34. The third kappa shape index (κ3) is 3.76. The van der Waals surface area contributed by atoms with E-state index in [1.54, 1.807) is 0 Å². The molecule has 2 heterocycles. The molecule has 5 heteroatoms. The van der Waals surface area contributed by atoms with Crippen LogP contribution >= 0.6 is 0 Å². The van der Waals surface area contributed by atoms with E-state index in [-0.39, 0.29) is 6.04 Å². The van der Waals surface area contributed by atoms with Crippen LogP contribution < -0.4 is 5.32 Å². The van der Waals surface area contributed by atoms with Gasteiger partial charge < -0.3 is 5.32 Å². The second-order valence-electron chi connectivity index (χ2n) is 7.83. The number of hydrogen-bond donors (Lipinski definition) is 1. The molecule has 31 heavy (non-hydrogen) atoms. The summed E-state index contributed by atoms with van der Waals surface area (Å²) in [5.74, 6) is 0. The fraction of sp³-hybridized carbons (Fsp3) is 0.154. The molecule has 0 saturated heterocycles. The van der Waals surface area contributed by atoms with Crippen molar-refractivity contribution in [3.8, 4) is 11.4 Å². The Labute approximate surface area is 182 Å². The van der Waals surface area contributed by atoms with Crippen molar-refractivity contribution in [1.29, 1.82) is 0 Å². The Morgan fingerprint density at radius 1 is 0.871 bits per heavy atom. The minimum atomic E-state index is 0.170. The zero-order chi connectivity index (χ0) is 21.2. The van der Waals surface area contributed by atoms with Gasteiger partial charge in [0.2, 0.25) is 0 Å². The highest BCUT2D eigenvalue weighted by Crippen LogP contribution is 2.26. The van der Waals surface area contributed by atoms with Crippen LogP contribution in [-0.4, -0.2) is 19.6 Å². The predicted molar refractivity (Wildman–Crippen MR) is 125 cm³/mol. The molecule has 0 spiro atoms. The van der Waals surface area contributed by atoms with Gasteiger partial charge in [-0.25, -0.2) is 9.36 Å². The summed E-state index contributed by atoms with van der Waals surface area (Å²) in [6, 6.07) is 25.1. The number of fused-ring (bicyclic) bond motifs is 1. The van der Waals surface area contributed by atoms with Gasteiger partial charge >= 0.3 is 0 Å². The van der Waals surface area contributed by atoms with Gasteiger partial charge in [0.25, 0.3) is 0 Å². The summed E-state index contributed by atoms with van der Waals surface area (Å²) >= 11 is 0. The lowest BCUT2D eigenvalue weighted by molar-refractivity contribution is 0.571. The van der Waals surface area contributed by atoms with Crippen molar-refractivity contribution in [2.45, 2.75) is 26.4 Å². The van der Waals surface area contributed by atoms with E-state index in [9.17, 15) is 0 Å². The van der Waals surface area contributed by atoms with Crippen LogP contribution in [0.2, 0.25) is 0 Å². The number of aromatic nitrogens is 4. The second kappa shape index (κ2) is 8.20. The van der Waals surface area contributed by atoms with E-state index in [1.807, 2.05) is 40.0 Å². The third-order valence-corrected chi connectivity index (χ3v) is 5.78. The van der Waals surface area contributed by atoms with Crippen LogP contribution in [0.25, 0.3) is 22.1 Å². The summed E-state index contributed by atoms with van der Waals surface area (Å²) in [6.07, 6.45) is 5.96. The van der Waals surface area contributed by atoms with Crippen LogP contribution in [0.15, 0.2) is 91.4 Å². The van der Waals surface area contributed by atoms with E-state index < -0.39 is 0 Å². The molecule has 0 amide bonds. The smallest absolute Gasteiger partial charge is 0.0727 e. The van der Waals surface area contributed by atoms with E-state index in [4.69, 9.17) is 5.10 Å². The van der Waals surface area contributed by atoms with E-state index in [0.29, 0.717) is 0 Å². The first kappa shape index (κ1) is 19.3. The molecule has 0 saturated carbocycles. The standard InChI is InChI=1S/C26H25N5/c1-19(27-15-21-16-28-30(18-21)23-11-4-3-5-12-23)25-17-29-31(20(25)2)26-14-8-10-22-9-6-7-13-24(22)26/h3-14,16-19,27H,15H2,1-2H3/t19-/m1/s1. The van der Waals surface area contributed by atoms with Crippen molar-refractivity contribution in [3.05, 3.63) is 108 Å². The zero-order valence-electron chi connectivity index (χ0n) is 17.7. The number of hydrogen-bond acceptors (Lipinski definition) is 3. The molecule has 0 bridgehead atoms. The molecule has 1 N–H and O–H groups in total. The average Bonchev–Trinajstić information content (AvgIpc) is 3.44. The Bertz CT molecular complexity index is 1310. The Hall–Kier alpha value is -3.70. The Kier molecular flexibility index (Phi) is 5.10. The maximum absolute atomic E-state index is 4.72. The van der Waals surface area contributed by atoms with E-state index in [0.717, 1.165) is 29.2 Å². The van der Waals surface area contributed by atoms with Gasteiger partial charge in [0.15, 0.2) is 0 Å². The van der Waals surface area contributed by atoms with Gasteiger partial charge in [0.1, 0.15) is 0 Å². The topological polar surface area (TPSA) is 47.7 Å². The summed E-state index contributed by atoms with van der Waals surface area (Å²) in [4.78, 5) is 0. The van der Waals surface area contributed by atoms with Crippen LogP contribution in [0.1, 0.15) is 29.8 Å². The molecule has 1 atom stereocenters. The molecule has 0 unspecified atom stereocenters. The van der Waals surface area contributed by atoms with Gasteiger partial charge in [-0.1, -0.05) is 54.6 Å². The number of nitrogens with zero attached hydrogens (tertiary/aromatic N) is 4. The second-order valence-corrected chi connectivity index (χ2v) is 7.83. The lowest BCUT2D eigenvalue weighted by atomic mass is 10.1. The lowest BCUT2D eigenvalue weighted by Crippen LogP contribution is -2.18. The van der Waals surface area contributed by atoms with Crippen molar-refractivity contribution in [2.24, 2.45) is 0 Å². The first-order valence-electron chi connectivity index (χ1n) is 10.6. The maximum atomic E-state index is 4.72. The molecule has 0 radical (unpaired) electrons. The minimum absolute atomic E-state index is 0.170. The molecule has 0 aliphatic carbocycles. The SMILES string of the molecule is Cc1c([C@@H](C)NCc2cnn(-c3ccccc3)c2)cnn1-c1cccc2ccccc12. The molecule has 0 fully saturated rings. The molecule has 5 nitrogen and oxygen atoms in total. The zero-order valence-corrected chi connectivity index (χ0v) is 17.7. The molecule has 5 aromatic rings. The highest BCUT2D eigenvalue weighted by molar-refractivity contribution is 5.90. The van der Waals surface area contributed by atoms with Crippen molar-refractivity contribution < 1.29 is 0 Å². The van der Waals surface area contributed by atoms with Crippen LogP contribution in [0.3, 0.4) is 0 Å². The molecule has 0 aliphatic heterocycles. The fourth-order valence-electron chi connectivity index (χ4n) is 4.04. The van der Waals surface area contributed by atoms with Gasteiger partial charge in [-0.15, -0.1) is 0 Å². The average molecular weight is 408 g/mol. The van der Waals surface area contributed by atoms with Crippen LogP contribution in [0.4, 0.5) is 0 Å². The van der Waals surface area contributed by atoms with Gasteiger partial charge in [-0.3, -0.25) is 0 Å². The van der Waals surface area contributed by atoms with E-state index in [1.165, 1.54) is 16.3 Å². The normalized spacial score (nSPS) is 12.3. The molecule has 2 aromatic heterocycles. The third-order valence-electron chi connectivity index (χ3n) is 5.78. The largest absolute Gasteiger partial charge is 0.306 e.